The Morgan fingerprint density at radius 3 is 2.13 bits per heavy atom. The molecule has 0 aliphatic carbocycles. The molecule has 0 N–H and O–H groups in total. The fourth-order valence-electron chi connectivity index (χ4n) is 6.05. The van der Waals surface area contributed by atoms with Crippen molar-refractivity contribution in [1.29, 1.82) is 0 Å². The Morgan fingerprint density at radius 1 is 0.538 bits per heavy atom. The SMILES string of the molecule is c1ccc(-c2cc3nc(-n4c5ccccc5c5cc6ccccc6cc54)sc3c3c2sc2ccccc23)cc1. The van der Waals surface area contributed by atoms with E-state index in [0.717, 1.165) is 10.6 Å². The van der Waals surface area contributed by atoms with Crippen LogP contribution in [0.5, 0.6) is 0 Å². The maximum Gasteiger partial charge on any atom is 0.195 e. The zero-order valence-electron chi connectivity index (χ0n) is 20.8. The van der Waals surface area contributed by atoms with E-state index < -0.39 is 0 Å². The smallest absolute Gasteiger partial charge is 0.195 e. The number of thiophene rings is 1. The van der Waals surface area contributed by atoms with Crippen LogP contribution in [0.2, 0.25) is 0 Å². The largest absolute Gasteiger partial charge is 0.285 e. The van der Waals surface area contributed by atoms with E-state index in [1.54, 1.807) is 11.3 Å². The lowest BCUT2D eigenvalue weighted by atomic mass is 10.0. The number of nitrogens with zero attached hydrogens (tertiary/aromatic N) is 2. The molecule has 0 atom stereocenters. The Kier molecular flexibility index (Phi) is 4.39. The molecule has 0 aliphatic rings. The first-order valence-electron chi connectivity index (χ1n) is 13.1. The van der Waals surface area contributed by atoms with E-state index in [0.29, 0.717) is 0 Å². The molecule has 3 aromatic heterocycles. The molecule has 3 heterocycles. The maximum absolute atomic E-state index is 5.34. The van der Waals surface area contributed by atoms with Crippen molar-refractivity contribution in [3.8, 4) is 16.3 Å². The second kappa shape index (κ2) is 8.00. The van der Waals surface area contributed by atoms with Gasteiger partial charge in [0.2, 0.25) is 0 Å². The van der Waals surface area contributed by atoms with Crippen molar-refractivity contribution in [2.24, 2.45) is 0 Å². The Morgan fingerprint density at radius 2 is 1.26 bits per heavy atom. The van der Waals surface area contributed by atoms with Crippen molar-refractivity contribution < 1.29 is 0 Å². The van der Waals surface area contributed by atoms with Crippen LogP contribution >= 0.6 is 22.7 Å². The van der Waals surface area contributed by atoms with Crippen LogP contribution in [-0.2, 0) is 0 Å². The van der Waals surface area contributed by atoms with Gasteiger partial charge in [-0.25, -0.2) is 4.98 Å². The molecule has 0 bridgehead atoms. The monoisotopic (exact) mass is 532 g/mol. The highest BCUT2D eigenvalue weighted by molar-refractivity contribution is 7.28. The molecule has 0 fully saturated rings. The quantitative estimate of drug-likeness (QED) is 0.216. The minimum atomic E-state index is 1.01. The predicted octanol–water partition coefficient (Wildman–Crippen LogP) is 10.6. The number of hydrogen-bond acceptors (Lipinski definition) is 3. The first kappa shape index (κ1) is 21.4. The molecular weight excluding hydrogens is 513 g/mol. The minimum absolute atomic E-state index is 1.01. The molecule has 0 unspecified atom stereocenters. The van der Waals surface area contributed by atoms with Gasteiger partial charge >= 0.3 is 0 Å². The molecule has 0 saturated carbocycles. The molecule has 2 nitrogen and oxygen atoms in total. The van der Waals surface area contributed by atoms with Crippen molar-refractivity contribution >= 4 is 85.6 Å². The highest BCUT2D eigenvalue weighted by Gasteiger charge is 2.20. The number of thiazole rings is 1. The third-order valence-electron chi connectivity index (χ3n) is 7.81. The standard InChI is InChI=1S/C35H20N2S2/c1-2-10-21(11-3-1)26-20-28-34(32-25-15-7-9-17-31(25)38-33(26)32)39-35(36-28)37-29-16-8-6-14-24(29)27-18-22-12-4-5-13-23(22)19-30(27)37/h1-20H. The summed E-state index contributed by atoms with van der Waals surface area (Å²) in [4.78, 5) is 5.34. The summed E-state index contributed by atoms with van der Waals surface area (Å²) in [6.07, 6.45) is 0. The van der Waals surface area contributed by atoms with Gasteiger partial charge in [-0.1, -0.05) is 102 Å². The summed E-state index contributed by atoms with van der Waals surface area (Å²) in [5.41, 5.74) is 5.93. The van der Waals surface area contributed by atoms with Gasteiger partial charge in [0.25, 0.3) is 0 Å². The summed E-state index contributed by atoms with van der Waals surface area (Å²) in [6, 6.07) is 43.8. The average molecular weight is 533 g/mol. The highest BCUT2D eigenvalue weighted by atomic mass is 32.1. The lowest BCUT2D eigenvalue weighted by Crippen LogP contribution is -1.92. The van der Waals surface area contributed by atoms with Gasteiger partial charge in [0.1, 0.15) is 0 Å². The van der Waals surface area contributed by atoms with Gasteiger partial charge in [0.05, 0.1) is 21.3 Å². The van der Waals surface area contributed by atoms with E-state index in [-0.39, 0.29) is 0 Å². The van der Waals surface area contributed by atoms with E-state index in [4.69, 9.17) is 4.98 Å². The van der Waals surface area contributed by atoms with Gasteiger partial charge in [-0.15, -0.1) is 11.3 Å². The summed E-state index contributed by atoms with van der Waals surface area (Å²) in [6.45, 7) is 0. The Labute approximate surface area is 232 Å². The van der Waals surface area contributed by atoms with Gasteiger partial charge in [0, 0.05) is 36.5 Å². The second-order valence-electron chi connectivity index (χ2n) is 10.0. The fraction of sp³-hybridized carbons (Fsp3) is 0. The Balaban J connectivity index is 1.43. The molecule has 9 aromatic rings. The summed E-state index contributed by atoms with van der Waals surface area (Å²) < 4.78 is 6.27. The van der Waals surface area contributed by atoms with E-state index in [9.17, 15) is 0 Å². The number of benzene rings is 6. The number of para-hydroxylation sites is 1. The number of aromatic nitrogens is 2. The van der Waals surface area contributed by atoms with E-state index in [1.807, 2.05) is 11.3 Å². The van der Waals surface area contributed by atoms with Crippen LogP contribution in [0.15, 0.2) is 121 Å². The van der Waals surface area contributed by atoms with E-state index in [2.05, 4.69) is 126 Å². The molecule has 182 valence electrons. The predicted molar refractivity (Wildman–Crippen MR) is 170 cm³/mol. The Hall–Kier alpha value is -4.51. The van der Waals surface area contributed by atoms with Gasteiger partial charge in [0.15, 0.2) is 5.13 Å². The molecule has 0 saturated heterocycles. The lowest BCUT2D eigenvalue weighted by molar-refractivity contribution is 1.15. The van der Waals surface area contributed by atoms with Crippen LogP contribution < -0.4 is 0 Å². The number of rotatable bonds is 2. The summed E-state index contributed by atoms with van der Waals surface area (Å²) in [5, 5.41) is 8.66. The molecule has 0 aliphatic heterocycles. The first-order valence-corrected chi connectivity index (χ1v) is 14.7. The first-order chi connectivity index (χ1) is 19.3. The van der Waals surface area contributed by atoms with Crippen LogP contribution in [0.1, 0.15) is 0 Å². The van der Waals surface area contributed by atoms with Crippen molar-refractivity contribution in [2.75, 3.05) is 0 Å². The van der Waals surface area contributed by atoms with Crippen molar-refractivity contribution in [3.63, 3.8) is 0 Å². The highest BCUT2D eigenvalue weighted by Crippen LogP contribution is 2.47. The third-order valence-corrected chi connectivity index (χ3v) is 10.1. The van der Waals surface area contributed by atoms with Gasteiger partial charge in [-0.2, -0.15) is 0 Å². The van der Waals surface area contributed by atoms with Gasteiger partial charge in [-0.05, 0) is 46.7 Å². The molecule has 9 rings (SSSR count). The molecule has 0 amide bonds. The van der Waals surface area contributed by atoms with Crippen LogP contribution in [-0.4, -0.2) is 9.55 Å². The second-order valence-corrected chi connectivity index (χ2v) is 12.0. The normalized spacial score (nSPS) is 12.1. The van der Waals surface area contributed by atoms with Crippen molar-refractivity contribution in [3.05, 3.63) is 121 Å². The zero-order valence-corrected chi connectivity index (χ0v) is 22.4. The van der Waals surface area contributed by atoms with Gasteiger partial charge < -0.3 is 0 Å². The number of hydrogen-bond donors (Lipinski definition) is 0. The molecular formula is C35H20N2S2. The summed E-state index contributed by atoms with van der Waals surface area (Å²) >= 11 is 3.68. The fourth-order valence-corrected chi connectivity index (χ4v) is 8.50. The molecule has 6 aromatic carbocycles. The Bertz CT molecular complexity index is 2390. The van der Waals surface area contributed by atoms with Crippen LogP contribution in [0, 0.1) is 0 Å². The molecule has 0 radical (unpaired) electrons. The molecule has 0 spiro atoms. The van der Waals surface area contributed by atoms with Crippen molar-refractivity contribution in [1.82, 2.24) is 9.55 Å². The summed E-state index contributed by atoms with van der Waals surface area (Å²) in [5.74, 6) is 0. The maximum atomic E-state index is 5.34. The lowest BCUT2D eigenvalue weighted by Gasteiger charge is -2.04. The minimum Gasteiger partial charge on any atom is -0.285 e. The molecule has 39 heavy (non-hydrogen) atoms. The zero-order chi connectivity index (χ0) is 25.5. The van der Waals surface area contributed by atoms with Crippen molar-refractivity contribution in [2.45, 2.75) is 0 Å². The third kappa shape index (κ3) is 3.04. The summed E-state index contributed by atoms with van der Waals surface area (Å²) in [7, 11) is 0. The average Bonchev–Trinajstić information content (AvgIpc) is 3.67. The van der Waals surface area contributed by atoms with Gasteiger partial charge in [-0.3, -0.25) is 4.57 Å². The van der Waals surface area contributed by atoms with Crippen LogP contribution in [0.4, 0.5) is 0 Å². The van der Waals surface area contributed by atoms with E-state index in [1.165, 1.54) is 68.6 Å². The number of fused-ring (bicyclic) bond motifs is 9. The topological polar surface area (TPSA) is 17.8 Å². The van der Waals surface area contributed by atoms with Crippen LogP contribution in [0.3, 0.4) is 0 Å². The molecule has 4 heteroatoms. The van der Waals surface area contributed by atoms with Crippen LogP contribution in [0.25, 0.3) is 79.2 Å². The van der Waals surface area contributed by atoms with E-state index >= 15 is 0 Å².